The molecule has 0 radical (unpaired) electrons. The van der Waals surface area contributed by atoms with Crippen LogP contribution in [0, 0.1) is 0 Å². The first-order valence-electron chi connectivity index (χ1n) is 17.7. The fourth-order valence-electron chi connectivity index (χ4n) is 8.45. The van der Waals surface area contributed by atoms with Gasteiger partial charge < -0.3 is 5.73 Å². The van der Waals surface area contributed by atoms with E-state index in [9.17, 15) is 0 Å². The van der Waals surface area contributed by atoms with Gasteiger partial charge in [0.1, 0.15) is 0 Å². The number of rotatable bonds is 5. The SMILES string of the molecule is CC(c1ccc2sc3ccccc3c2c1)(c1cccc2c1ccc1c3ccccc3ccc21)C(N)c1ccc(-c2ccc3ccccc3c2)cc1. The second kappa shape index (κ2) is 11.6. The summed E-state index contributed by atoms with van der Waals surface area (Å²) in [6.45, 7) is 2.35. The zero-order chi connectivity index (χ0) is 34.1. The van der Waals surface area contributed by atoms with Gasteiger partial charge >= 0.3 is 0 Å². The lowest BCUT2D eigenvalue weighted by molar-refractivity contribution is 0.460. The third-order valence-corrected chi connectivity index (χ3v) is 12.4. The third kappa shape index (κ3) is 4.72. The van der Waals surface area contributed by atoms with Gasteiger partial charge in [0.2, 0.25) is 0 Å². The molecule has 10 aromatic rings. The average molecular weight is 670 g/mol. The van der Waals surface area contributed by atoms with Crippen LogP contribution in [0.1, 0.15) is 29.7 Å². The van der Waals surface area contributed by atoms with Crippen molar-refractivity contribution in [1.29, 1.82) is 0 Å². The van der Waals surface area contributed by atoms with Crippen molar-refractivity contribution < 1.29 is 0 Å². The number of thiophene rings is 1. The van der Waals surface area contributed by atoms with Crippen LogP contribution in [0.3, 0.4) is 0 Å². The molecule has 0 aliphatic carbocycles. The molecule has 2 heteroatoms. The summed E-state index contributed by atoms with van der Waals surface area (Å²) < 4.78 is 2.61. The number of hydrogen-bond donors (Lipinski definition) is 1. The topological polar surface area (TPSA) is 26.0 Å². The molecule has 0 saturated heterocycles. The third-order valence-electron chi connectivity index (χ3n) is 11.3. The van der Waals surface area contributed by atoms with Gasteiger partial charge in [-0.05, 0) is 102 Å². The standard InChI is InChI=1S/C49H35NS/c1-49(37-24-28-47-44(30-37)43-13-6-7-16-46(43)51-47,48(50)34-20-17-32(18-21-34)36-22-19-31-9-2-3-11-35(31)29-36)45-15-8-14-39-41-25-23-33-10-4-5-12-38(33)40(41)26-27-42(39)45/h2-30,48H,50H2,1H3. The Morgan fingerprint density at radius 3 is 1.90 bits per heavy atom. The zero-order valence-corrected chi connectivity index (χ0v) is 29.1. The maximum atomic E-state index is 7.61. The molecule has 242 valence electrons. The van der Waals surface area contributed by atoms with Gasteiger partial charge in [0, 0.05) is 31.6 Å². The Kier molecular flexibility index (Phi) is 6.86. The molecule has 0 bridgehead atoms. The molecule has 2 N–H and O–H groups in total. The van der Waals surface area contributed by atoms with Crippen molar-refractivity contribution in [2.45, 2.75) is 18.4 Å². The number of benzene rings is 9. The molecule has 51 heavy (non-hydrogen) atoms. The molecule has 0 fully saturated rings. The monoisotopic (exact) mass is 669 g/mol. The van der Waals surface area contributed by atoms with E-state index in [1.54, 1.807) is 0 Å². The second-order valence-corrected chi connectivity index (χ2v) is 15.1. The minimum absolute atomic E-state index is 0.316. The smallest absolute Gasteiger partial charge is 0.0431 e. The Labute approximate surface area is 301 Å². The van der Waals surface area contributed by atoms with Gasteiger partial charge in [-0.15, -0.1) is 11.3 Å². The maximum Gasteiger partial charge on any atom is 0.0431 e. The molecule has 1 aromatic heterocycles. The van der Waals surface area contributed by atoms with Crippen molar-refractivity contribution >= 4 is 74.6 Å². The van der Waals surface area contributed by atoms with Gasteiger partial charge in [0.15, 0.2) is 0 Å². The first-order chi connectivity index (χ1) is 25.1. The quantitative estimate of drug-likeness (QED) is 0.181. The molecular weight excluding hydrogens is 635 g/mol. The second-order valence-electron chi connectivity index (χ2n) is 14.0. The molecule has 0 saturated carbocycles. The Bertz CT molecular complexity index is 2950. The molecular formula is C49H35NS. The van der Waals surface area contributed by atoms with Crippen molar-refractivity contribution in [2.75, 3.05) is 0 Å². The molecule has 0 aliphatic heterocycles. The van der Waals surface area contributed by atoms with Crippen molar-refractivity contribution in [3.8, 4) is 11.1 Å². The van der Waals surface area contributed by atoms with Crippen LogP contribution in [0.25, 0.3) is 74.4 Å². The highest BCUT2D eigenvalue weighted by molar-refractivity contribution is 7.25. The molecule has 2 atom stereocenters. The summed E-state index contributed by atoms with van der Waals surface area (Å²) in [6, 6.07) is 64.3. The first kappa shape index (κ1) is 30.1. The fourth-order valence-corrected chi connectivity index (χ4v) is 9.53. The molecule has 0 aliphatic rings. The Hall–Kier alpha value is -5.80. The highest BCUT2D eigenvalue weighted by Gasteiger charge is 2.38. The predicted octanol–water partition coefficient (Wildman–Crippen LogP) is 13.3. The molecule has 0 amide bonds. The van der Waals surface area contributed by atoms with Crippen LogP contribution in [0.4, 0.5) is 0 Å². The van der Waals surface area contributed by atoms with E-state index in [0.717, 1.165) is 5.56 Å². The van der Waals surface area contributed by atoms with E-state index in [1.807, 2.05) is 11.3 Å². The van der Waals surface area contributed by atoms with Crippen molar-refractivity contribution in [3.63, 3.8) is 0 Å². The highest BCUT2D eigenvalue weighted by Crippen LogP contribution is 2.47. The summed E-state index contributed by atoms with van der Waals surface area (Å²) in [5.74, 6) is 0. The van der Waals surface area contributed by atoms with Crippen LogP contribution in [0.5, 0.6) is 0 Å². The summed E-state index contributed by atoms with van der Waals surface area (Å²) >= 11 is 1.86. The Morgan fingerprint density at radius 2 is 1.04 bits per heavy atom. The van der Waals surface area contributed by atoms with Gasteiger partial charge in [0.25, 0.3) is 0 Å². The highest BCUT2D eigenvalue weighted by atomic mass is 32.1. The van der Waals surface area contributed by atoms with Gasteiger partial charge in [-0.2, -0.15) is 0 Å². The van der Waals surface area contributed by atoms with Crippen LogP contribution < -0.4 is 5.73 Å². The van der Waals surface area contributed by atoms with E-state index in [0.29, 0.717) is 0 Å². The van der Waals surface area contributed by atoms with Gasteiger partial charge in [-0.25, -0.2) is 0 Å². The molecule has 10 rings (SSSR count). The summed E-state index contributed by atoms with van der Waals surface area (Å²) in [6.07, 6.45) is 0. The number of nitrogens with two attached hydrogens (primary N) is 1. The van der Waals surface area contributed by atoms with Gasteiger partial charge in [-0.3, -0.25) is 0 Å². The van der Waals surface area contributed by atoms with E-state index in [4.69, 9.17) is 5.73 Å². The van der Waals surface area contributed by atoms with E-state index in [1.165, 1.54) is 85.5 Å². The van der Waals surface area contributed by atoms with Crippen molar-refractivity contribution in [2.24, 2.45) is 5.73 Å². The van der Waals surface area contributed by atoms with Crippen LogP contribution in [0.2, 0.25) is 0 Å². The molecule has 2 unspecified atom stereocenters. The maximum absolute atomic E-state index is 7.61. The van der Waals surface area contributed by atoms with E-state index < -0.39 is 5.41 Å². The Balaban J connectivity index is 1.17. The van der Waals surface area contributed by atoms with Crippen LogP contribution in [-0.4, -0.2) is 0 Å². The van der Waals surface area contributed by atoms with Crippen LogP contribution in [-0.2, 0) is 5.41 Å². The molecule has 1 nitrogen and oxygen atoms in total. The first-order valence-corrected chi connectivity index (χ1v) is 18.5. The number of fused-ring (bicyclic) bond motifs is 9. The van der Waals surface area contributed by atoms with E-state index >= 15 is 0 Å². The average Bonchev–Trinajstić information content (AvgIpc) is 3.58. The lowest BCUT2D eigenvalue weighted by atomic mass is 9.67. The van der Waals surface area contributed by atoms with E-state index in [-0.39, 0.29) is 6.04 Å². The van der Waals surface area contributed by atoms with E-state index in [2.05, 4.69) is 183 Å². The summed E-state index contributed by atoms with van der Waals surface area (Å²) in [4.78, 5) is 0. The van der Waals surface area contributed by atoms with Gasteiger partial charge in [-0.1, -0.05) is 152 Å². The molecule has 9 aromatic carbocycles. The fraction of sp³-hybridized carbons (Fsp3) is 0.0612. The Morgan fingerprint density at radius 1 is 0.431 bits per heavy atom. The lowest BCUT2D eigenvalue weighted by Crippen LogP contribution is -2.37. The van der Waals surface area contributed by atoms with Crippen LogP contribution in [0.15, 0.2) is 176 Å². The number of hydrogen-bond acceptors (Lipinski definition) is 2. The van der Waals surface area contributed by atoms with Gasteiger partial charge in [0.05, 0.1) is 0 Å². The van der Waals surface area contributed by atoms with Crippen molar-refractivity contribution in [1.82, 2.24) is 0 Å². The summed E-state index contributed by atoms with van der Waals surface area (Å²) in [7, 11) is 0. The normalized spacial score (nSPS) is 13.8. The largest absolute Gasteiger partial charge is 0.323 e. The van der Waals surface area contributed by atoms with Crippen LogP contribution >= 0.6 is 11.3 Å². The minimum Gasteiger partial charge on any atom is -0.323 e. The van der Waals surface area contributed by atoms with Crippen molar-refractivity contribution in [3.05, 3.63) is 193 Å². The molecule has 0 spiro atoms. The summed E-state index contributed by atoms with van der Waals surface area (Å²) in [5.41, 5.74) is 13.0. The lowest BCUT2D eigenvalue weighted by Gasteiger charge is -2.38. The molecule has 1 heterocycles. The summed E-state index contributed by atoms with van der Waals surface area (Å²) in [5, 5.41) is 12.7. The predicted molar refractivity (Wildman–Crippen MR) is 221 cm³/mol. The minimum atomic E-state index is -0.550. The zero-order valence-electron chi connectivity index (χ0n) is 28.3.